The van der Waals surface area contributed by atoms with Crippen molar-refractivity contribution in [2.45, 2.75) is 51.0 Å². The van der Waals surface area contributed by atoms with Crippen LogP contribution in [0.4, 0.5) is 0 Å². The molecule has 88 valence electrons. The van der Waals surface area contributed by atoms with Crippen LogP contribution >= 0.6 is 0 Å². The largest absolute Gasteiger partial charge is 0.339 e. The van der Waals surface area contributed by atoms with E-state index in [1.807, 2.05) is 6.92 Å². The summed E-state index contributed by atoms with van der Waals surface area (Å²) in [4.78, 5) is 4.48. The average molecular weight is 221 g/mol. The van der Waals surface area contributed by atoms with Crippen LogP contribution in [-0.2, 0) is 6.42 Å². The summed E-state index contributed by atoms with van der Waals surface area (Å²) < 4.78 is 5.36. The number of rotatable bonds is 3. The first-order valence-corrected chi connectivity index (χ1v) is 6.34. The van der Waals surface area contributed by atoms with Crippen LogP contribution in [0.1, 0.15) is 50.2 Å². The van der Waals surface area contributed by atoms with E-state index in [0.717, 1.165) is 23.6 Å². The summed E-state index contributed by atoms with van der Waals surface area (Å²) in [6.07, 6.45) is 6.16. The molecule has 3 unspecified atom stereocenters. The van der Waals surface area contributed by atoms with E-state index in [0.29, 0.717) is 12.3 Å². The van der Waals surface area contributed by atoms with Crippen LogP contribution in [0.25, 0.3) is 0 Å². The Morgan fingerprint density at radius 2 is 2.06 bits per heavy atom. The molecular formula is C12H19N3O. The van der Waals surface area contributed by atoms with E-state index in [1.54, 1.807) is 0 Å². The van der Waals surface area contributed by atoms with Crippen molar-refractivity contribution in [2.75, 3.05) is 0 Å². The van der Waals surface area contributed by atoms with E-state index in [4.69, 9.17) is 10.3 Å². The van der Waals surface area contributed by atoms with Gasteiger partial charge in [-0.2, -0.15) is 4.98 Å². The van der Waals surface area contributed by atoms with Gasteiger partial charge in [-0.1, -0.05) is 18.0 Å². The van der Waals surface area contributed by atoms with Gasteiger partial charge in [0.2, 0.25) is 5.89 Å². The minimum Gasteiger partial charge on any atom is -0.339 e. The molecule has 0 amide bonds. The number of aromatic nitrogens is 2. The third kappa shape index (κ3) is 1.75. The molecule has 2 N–H and O–H groups in total. The Morgan fingerprint density at radius 3 is 2.69 bits per heavy atom. The van der Waals surface area contributed by atoms with Crippen molar-refractivity contribution in [3.05, 3.63) is 11.7 Å². The number of fused-ring (bicyclic) bond motifs is 1. The summed E-state index contributed by atoms with van der Waals surface area (Å²) in [5.41, 5.74) is 5.72. The molecule has 2 aliphatic carbocycles. The van der Waals surface area contributed by atoms with Crippen LogP contribution < -0.4 is 5.73 Å². The molecule has 0 saturated heterocycles. The molecule has 1 aromatic rings. The Balaban J connectivity index is 1.69. The lowest BCUT2D eigenvalue weighted by Crippen LogP contribution is -2.18. The average Bonchev–Trinajstić information content (AvgIpc) is 2.82. The van der Waals surface area contributed by atoms with Crippen molar-refractivity contribution in [1.82, 2.24) is 10.1 Å². The van der Waals surface area contributed by atoms with Gasteiger partial charge in [0.05, 0.1) is 0 Å². The molecule has 2 saturated carbocycles. The van der Waals surface area contributed by atoms with E-state index in [-0.39, 0.29) is 6.04 Å². The lowest BCUT2D eigenvalue weighted by Gasteiger charge is -2.04. The van der Waals surface area contributed by atoms with Crippen LogP contribution in [0, 0.1) is 11.8 Å². The van der Waals surface area contributed by atoms with Crippen LogP contribution in [0.15, 0.2) is 4.52 Å². The highest BCUT2D eigenvalue weighted by Crippen LogP contribution is 2.60. The molecule has 0 spiro atoms. The summed E-state index contributed by atoms with van der Waals surface area (Å²) in [7, 11) is 0. The van der Waals surface area contributed by atoms with Gasteiger partial charge < -0.3 is 10.3 Å². The smallest absolute Gasteiger partial charge is 0.230 e. The van der Waals surface area contributed by atoms with Gasteiger partial charge in [-0.05, 0) is 31.6 Å². The maximum atomic E-state index is 5.72. The van der Waals surface area contributed by atoms with E-state index in [9.17, 15) is 0 Å². The van der Waals surface area contributed by atoms with Gasteiger partial charge in [0.1, 0.15) is 0 Å². The van der Waals surface area contributed by atoms with E-state index >= 15 is 0 Å². The fourth-order valence-electron chi connectivity index (χ4n) is 3.13. The highest BCUT2D eigenvalue weighted by molar-refractivity contribution is 5.14. The molecule has 3 atom stereocenters. The Labute approximate surface area is 95.6 Å². The first-order chi connectivity index (χ1) is 7.75. The zero-order valence-electron chi connectivity index (χ0n) is 9.72. The summed E-state index contributed by atoms with van der Waals surface area (Å²) in [6.45, 7) is 1.97. The Bertz CT molecular complexity index is 362. The second-order valence-electron chi connectivity index (χ2n) is 5.37. The van der Waals surface area contributed by atoms with Gasteiger partial charge in [0.15, 0.2) is 5.82 Å². The molecule has 0 aromatic carbocycles. The van der Waals surface area contributed by atoms with Gasteiger partial charge in [-0.3, -0.25) is 0 Å². The van der Waals surface area contributed by atoms with Gasteiger partial charge in [-0.25, -0.2) is 0 Å². The Kier molecular flexibility index (Phi) is 2.46. The second-order valence-corrected chi connectivity index (χ2v) is 5.37. The van der Waals surface area contributed by atoms with Crippen molar-refractivity contribution in [3.8, 4) is 0 Å². The summed E-state index contributed by atoms with van der Waals surface area (Å²) in [6, 6.07) is 0.104. The monoisotopic (exact) mass is 221 g/mol. The first kappa shape index (κ1) is 10.3. The first-order valence-electron chi connectivity index (χ1n) is 6.34. The minimum absolute atomic E-state index is 0.104. The van der Waals surface area contributed by atoms with E-state index in [1.165, 1.54) is 25.7 Å². The quantitative estimate of drug-likeness (QED) is 0.846. The molecule has 4 nitrogen and oxygen atoms in total. The van der Waals surface area contributed by atoms with Crippen LogP contribution in [0.5, 0.6) is 0 Å². The van der Waals surface area contributed by atoms with Gasteiger partial charge in [0.25, 0.3) is 0 Å². The Hall–Kier alpha value is -0.900. The zero-order chi connectivity index (χ0) is 11.1. The summed E-state index contributed by atoms with van der Waals surface area (Å²) >= 11 is 0. The number of hydrogen-bond donors (Lipinski definition) is 1. The van der Waals surface area contributed by atoms with E-state index in [2.05, 4.69) is 10.1 Å². The van der Waals surface area contributed by atoms with Gasteiger partial charge >= 0.3 is 0 Å². The van der Waals surface area contributed by atoms with Crippen LogP contribution in [0.3, 0.4) is 0 Å². The molecule has 0 bridgehead atoms. The maximum absolute atomic E-state index is 5.72. The number of nitrogens with zero attached hydrogens (tertiary/aromatic N) is 2. The molecule has 3 rings (SSSR count). The van der Waals surface area contributed by atoms with Crippen molar-refractivity contribution in [2.24, 2.45) is 17.6 Å². The summed E-state index contributed by atoms with van der Waals surface area (Å²) in [5, 5.41) is 4.01. The van der Waals surface area contributed by atoms with Crippen LogP contribution in [0.2, 0.25) is 0 Å². The van der Waals surface area contributed by atoms with Crippen LogP contribution in [-0.4, -0.2) is 16.2 Å². The molecular weight excluding hydrogens is 202 g/mol. The van der Waals surface area contributed by atoms with Crippen molar-refractivity contribution in [3.63, 3.8) is 0 Å². The fourth-order valence-corrected chi connectivity index (χ4v) is 3.13. The predicted octanol–water partition coefficient (Wildman–Crippen LogP) is 1.86. The van der Waals surface area contributed by atoms with Gasteiger partial charge in [-0.15, -0.1) is 0 Å². The number of nitrogens with two attached hydrogens (primary N) is 1. The molecule has 16 heavy (non-hydrogen) atoms. The highest BCUT2D eigenvalue weighted by atomic mass is 16.5. The van der Waals surface area contributed by atoms with Crippen molar-refractivity contribution >= 4 is 0 Å². The lowest BCUT2D eigenvalue weighted by atomic mass is 10.0. The van der Waals surface area contributed by atoms with E-state index < -0.39 is 0 Å². The predicted molar refractivity (Wildman–Crippen MR) is 59.8 cm³/mol. The molecule has 0 radical (unpaired) electrons. The second kappa shape index (κ2) is 3.84. The number of hydrogen-bond acceptors (Lipinski definition) is 4. The molecule has 4 heteroatoms. The van der Waals surface area contributed by atoms with Gasteiger partial charge in [0, 0.05) is 18.4 Å². The fraction of sp³-hybridized carbons (Fsp3) is 0.833. The standard InChI is InChI=1S/C12H19N3O/c1-7(13)6-10-14-12(16-15-10)11-8-4-2-3-5-9(8)11/h7-9,11H,2-6,13H2,1H3. The summed E-state index contributed by atoms with van der Waals surface area (Å²) in [5.74, 6) is 3.87. The van der Waals surface area contributed by atoms with Crippen molar-refractivity contribution < 1.29 is 4.52 Å². The molecule has 0 aliphatic heterocycles. The zero-order valence-corrected chi connectivity index (χ0v) is 9.72. The molecule has 2 aliphatic rings. The lowest BCUT2D eigenvalue weighted by molar-refractivity contribution is 0.367. The SMILES string of the molecule is CC(N)Cc1noc(C2C3CCCCC32)n1. The topological polar surface area (TPSA) is 64.9 Å². The highest BCUT2D eigenvalue weighted by Gasteiger charge is 2.54. The Morgan fingerprint density at radius 1 is 1.38 bits per heavy atom. The minimum atomic E-state index is 0.104. The molecule has 1 aromatic heterocycles. The maximum Gasteiger partial charge on any atom is 0.230 e. The molecule has 2 fully saturated rings. The normalized spacial score (nSPS) is 34.5. The third-order valence-corrected chi connectivity index (χ3v) is 3.93. The van der Waals surface area contributed by atoms with Crippen molar-refractivity contribution in [1.29, 1.82) is 0 Å². The molecule has 1 heterocycles. The third-order valence-electron chi connectivity index (χ3n) is 3.93.